The lowest BCUT2D eigenvalue weighted by molar-refractivity contribution is 0.0986. The molecule has 0 atom stereocenters. The van der Waals surface area contributed by atoms with Gasteiger partial charge in [-0.3, -0.25) is 4.79 Å². The number of thiazole rings is 1. The number of hydrogen-bond acceptors (Lipinski definition) is 6. The molecule has 0 saturated heterocycles. The number of hydrogen-bond donors (Lipinski definition) is 0. The zero-order valence-electron chi connectivity index (χ0n) is 17.1. The maximum Gasteiger partial charge on any atom is 0.280 e. The van der Waals surface area contributed by atoms with Crippen molar-refractivity contribution < 1.29 is 14.3 Å². The largest absolute Gasteiger partial charge is 0.486 e. The van der Waals surface area contributed by atoms with E-state index in [9.17, 15) is 4.79 Å². The predicted molar refractivity (Wildman–Crippen MR) is 130 cm³/mol. The summed E-state index contributed by atoms with van der Waals surface area (Å²) < 4.78 is 13.1. The van der Waals surface area contributed by atoms with Gasteiger partial charge < -0.3 is 9.47 Å². The third-order valence-electron chi connectivity index (χ3n) is 4.90. The van der Waals surface area contributed by atoms with E-state index < -0.39 is 0 Å². The summed E-state index contributed by atoms with van der Waals surface area (Å²) in [5, 5.41) is 6.35. The minimum Gasteiger partial charge on any atom is -0.486 e. The molecule has 3 aromatic carbocycles. The second kappa shape index (κ2) is 8.72. The van der Waals surface area contributed by atoms with Crippen LogP contribution in [-0.4, -0.2) is 30.3 Å². The quantitative estimate of drug-likeness (QED) is 0.258. The smallest absolute Gasteiger partial charge is 0.280 e. The van der Waals surface area contributed by atoms with Crippen molar-refractivity contribution in [2.24, 2.45) is 5.10 Å². The number of rotatable bonds is 4. The highest BCUT2D eigenvalue weighted by atomic mass is 79.9. The molecule has 1 amide bonds. The van der Waals surface area contributed by atoms with Crippen molar-refractivity contribution in [3.8, 4) is 11.5 Å². The maximum atomic E-state index is 13.5. The van der Waals surface area contributed by atoms with Gasteiger partial charge in [0.2, 0.25) is 5.13 Å². The molecule has 6 nitrogen and oxygen atoms in total. The van der Waals surface area contributed by atoms with Gasteiger partial charge >= 0.3 is 0 Å². The van der Waals surface area contributed by atoms with E-state index in [1.807, 2.05) is 49.4 Å². The molecule has 0 radical (unpaired) electrons. The van der Waals surface area contributed by atoms with Crippen LogP contribution in [0.5, 0.6) is 11.5 Å². The number of nitrogens with zero attached hydrogens (tertiary/aromatic N) is 3. The fourth-order valence-corrected chi connectivity index (χ4v) is 4.72. The fourth-order valence-electron chi connectivity index (χ4n) is 3.24. The van der Waals surface area contributed by atoms with Crippen molar-refractivity contribution in [3.05, 3.63) is 81.8 Å². The number of fused-ring (bicyclic) bond motifs is 2. The first-order valence-electron chi connectivity index (χ1n) is 9.98. The standard InChI is InChI=1S/C24H18BrN3O3S/c1-15-2-4-16(5-3-15)14-26-28(24-27-19-8-7-18(25)13-22(19)32-24)23(29)17-6-9-20-21(12-17)31-11-10-30-20/h2-9,12-14H,10-11H2,1H3/b26-14+. The van der Waals surface area contributed by atoms with Gasteiger partial charge in [-0.05, 0) is 48.9 Å². The summed E-state index contributed by atoms with van der Waals surface area (Å²) in [6.45, 7) is 2.97. The molecule has 0 bridgehead atoms. The van der Waals surface area contributed by atoms with Gasteiger partial charge in [-0.2, -0.15) is 10.1 Å². The molecule has 4 aromatic rings. The van der Waals surface area contributed by atoms with Crippen molar-refractivity contribution in [1.29, 1.82) is 0 Å². The topological polar surface area (TPSA) is 64.0 Å². The van der Waals surface area contributed by atoms with Crippen molar-refractivity contribution in [2.45, 2.75) is 6.92 Å². The molecule has 0 spiro atoms. The molecule has 5 rings (SSSR count). The van der Waals surface area contributed by atoms with E-state index in [1.54, 1.807) is 24.4 Å². The zero-order chi connectivity index (χ0) is 22.1. The van der Waals surface area contributed by atoms with E-state index >= 15 is 0 Å². The lowest BCUT2D eigenvalue weighted by atomic mass is 10.1. The molecule has 0 N–H and O–H groups in total. The van der Waals surface area contributed by atoms with Crippen molar-refractivity contribution in [1.82, 2.24) is 4.98 Å². The van der Waals surface area contributed by atoms with E-state index in [0.29, 0.717) is 35.4 Å². The predicted octanol–water partition coefficient (Wildman–Crippen LogP) is 5.82. The van der Waals surface area contributed by atoms with Crippen LogP contribution in [0.3, 0.4) is 0 Å². The third kappa shape index (κ3) is 4.24. The number of anilines is 1. The van der Waals surface area contributed by atoms with Gasteiger partial charge in [-0.15, -0.1) is 0 Å². The Morgan fingerprint density at radius 1 is 1.06 bits per heavy atom. The number of carbonyl (C=O) groups excluding carboxylic acids is 1. The summed E-state index contributed by atoms with van der Waals surface area (Å²) >= 11 is 4.89. The van der Waals surface area contributed by atoms with Gasteiger partial charge in [0, 0.05) is 10.0 Å². The number of halogens is 1. The first kappa shape index (κ1) is 20.7. The number of benzene rings is 3. The van der Waals surface area contributed by atoms with E-state index in [0.717, 1.165) is 25.8 Å². The van der Waals surface area contributed by atoms with Gasteiger partial charge in [0.1, 0.15) is 13.2 Å². The Morgan fingerprint density at radius 3 is 2.66 bits per heavy atom. The first-order chi connectivity index (χ1) is 15.6. The van der Waals surface area contributed by atoms with E-state index in [-0.39, 0.29) is 5.91 Å². The molecule has 0 aliphatic carbocycles. The molecule has 1 aromatic heterocycles. The summed E-state index contributed by atoms with van der Waals surface area (Å²) in [6, 6.07) is 18.9. The SMILES string of the molecule is Cc1ccc(/C=N/N(C(=O)c2ccc3c(c2)OCCO3)c2nc3ccc(Br)cc3s2)cc1. The molecule has 160 valence electrons. The minimum atomic E-state index is -0.302. The number of aryl methyl sites for hydroxylation is 1. The van der Waals surface area contributed by atoms with Crippen LogP contribution in [-0.2, 0) is 0 Å². The van der Waals surface area contributed by atoms with Crippen molar-refractivity contribution in [2.75, 3.05) is 18.2 Å². The molecule has 0 saturated carbocycles. The van der Waals surface area contributed by atoms with Gasteiger partial charge in [0.05, 0.1) is 16.4 Å². The number of ether oxygens (including phenoxy) is 2. The molecule has 32 heavy (non-hydrogen) atoms. The van der Waals surface area contributed by atoms with Crippen LogP contribution in [0.25, 0.3) is 10.2 Å². The summed E-state index contributed by atoms with van der Waals surface area (Å²) in [4.78, 5) is 18.2. The van der Waals surface area contributed by atoms with Crippen LogP contribution < -0.4 is 14.5 Å². The van der Waals surface area contributed by atoms with Crippen LogP contribution in [0.4, 0.5) is 5.13 Å². The molecule has 1 aliphatic heterocycles. The Hall–Kier alpha value is -3.23. The third-order valence-corrected chi connectivity index (χ3v) is 6.39. The molecular formula is C24H18BrN3O3S. The summed E-state index contributed by atoms with van der Waals surface area (Å²) in [5.41, 5.74) is 3.29. The van der Waals surface area contributed by atoms with Crippen LogP contribution in [0.2, 0.25) is 0 Å². The van der Waals surface area contributed by atoms with E-state index in [1.165, 1.54) is 16.3 Å². The lowest BCUT2D eigenvalue weighted by Gasteiger charge is -2.20. The molecule has 8 heteroatoms. The van der Waals surface area contributed by atoms with Gasteiger partial charge in [-0.25, -0.2) is 4.98 Å². The number of aromatic nitrogens is 1. The normalized spacial score (nSPS) is 12.9. The second-order valence-corrected chi connectivity index (χ2v) is 9.16. The Bertz CT molecular complexity index is 1330. The highest BCUT2D eigenvalue weighted by molar-refractivity contribution is 9.10. The highest BCUT2D eigenvalue weighted by Crippen LogP contribution is 2.34. The summed E-state index contributed by atoms with van der Waals surface area (Å²) in [6.07, 6.45) is 1.66. The molecular weight excluding hydrogens is 490 g/mol. The summed E-state index contributed by atoms with van der Waals surface area (Å²) in [5.74, 6) is 0.883. The van der Waals surface area contributed by atoms with Crippen molar-refractivity contribution >= 4 is 54.7 Å². The zero-order valence-corrected chi connectivity index (χ0v) is 19.5. The van der Waals surface area contributed by atoms with Crippen LogP contribution in [0.15, 0.2) is 70.2 Å². The number of carbonyl (C=O) groups is 1. The number of hydrazone groups is 1. The first-order valence-corrected chi connectivity index (χ1v) is 11.6. The monoisotopic (exact) mass is 507 g/mol. The van der Waals surface area contributed by atoms with E-state index in [4.69, 9.17) is 9.47 Å². The van der Waals surface area contributed by atoms with Gasteiger partial charge in [-0.1, -0.05) is 57.1 Å². The molecule has 0 unspecified atom stereocenters. The lowest BCUT2D eigenvalue weighted by Crippen LogP contribution is -2.26. The maximum absolute atomic E-state index is 13.5. The summed E-state index contributed by atoms with van der Waals surface area (Å²) in [7, 11) is 0. The molecule has 2 heterocycles. The average molecular weight is 508 g/mol. The average Bonchev–Trinajstić information content (AvgIpc) is 3.22. The fraction of sp³-hybridized carbons (Fsp3) is 0.125. The van der Waals surface area contributed by atoms with Gasteiger partial charge in [0.25, 0.3) is 5.91 Å². The number of amides is 1. The van der Waals surface area contributed by atoms with Crippen LogP contribution >= 0.6 is 27.3 Å². The van der Waals surface area contributed by atoms with Gasteiger partial charge in [0.15, 0.2) is 11.5 Å². The van der Waals surface area contributed by atoms with Crippen LogP contribution in [0.1, 0.15) is 21.5 Å². The molecule has 0 fully saturated rings. The molecule has 1 aliphatic rings. The van der Waals surface area contributed by atoms with Crippen LogP contribution in [0, 0.1) is 6.92 Å². The van der Waals surface area contributed by atoms with Crippen molar-refractivity contribution in [3.63, 3.8) is 0 Å². The highest BCUT2D eigenvalue weighted by Gasteiger charge is 2.23. The Kier molecular flexibility index (Phi) is 5.63. The Morgan fingerprint density at radius 2 is 1.84 bits per heavy atom. The Balaban J connectivity index is 1.54. The minimum absolute atomic E-state index is 0.302. The second-order valence-electron chi connectivity index (χ2n) is 7.24. The van der Waals surface area contributed by atoms with E-state index in [2.05, 4.69) is 26.0 Å². The Labute approximate surface area is 197 Å².